The van der Waals surface area contributed by atoms with E-state index in [2.05, 4.69) is 10.3 Å². The van der Waals surface area contributed by atoms with Crippen molar-refractivity contribution in [2.75, 3.05) is 20.8 Å². The number of rotatable bonds is 10. The molecule has 0 aliphatic carbocycles. The number of aromatic nitrogens is 1. The number of methoxy groups -OCH3 is 2. The second-order valence-electron chi connectivity index (χ2n) is 6.13. The number of esters is 1. The quantitative estimate of drug-likeness (QED) is 0.557. The molecule has 0 radical (unpaired) electrons. The van der Waals surface area contributed by atoms with Gasteiger partial charge in [0.25, 0.3) is 0 Å². The molecule has 160 valence electrons. The average Bonchev–Trinajstić information content (AvgIpc) is 3.18. The number of nitrogens with zero attached hydrogens (tertiary/aromatic N) is 2. The lowest BCUT2D eigenvalue weighted by atomic mass is 10.1. The van der Waals surface area contributed by atoms with Crippen molar-refractivity contribution in [3.63, 3.8) is 0 Å². The van der Waals surface area contributed by atoms with E-state index in [-0.39, 0.29) is 52.6 Å². The van der Waals surface area contributed by atoms with E-state index in [4.69, 9.17) is 23.9 Å². The highest BCUT2D eigenvalue weighted by Gasteiger charge is 2.25. The maximum atomic E-state index is 12.4. The third-order valence-corrected chi connectivity index (χ3v) is 4.05. The third-order valence-electron chi connectivity index (χ3n) is 4.05. The summed E-state index contributed by atoms with van der Waals surface area (Å²) in [7, 11) is 2.76. The van der Waals surface area contributed by atoms with Crippen molar-refractivity contribution in [2.24, 2.45) is 0 Å². The van der Waals surface area contributed by atoms with Crippen molar-refractivity contribution in [3.8, 4) is 34.6 Å². The van der Waals surface area contributed by atoms with Gasteiger partial charge in [0, 0.05) is 12.0 Å². The molecule has 0 fully saturated rings. The summed E-state index contributed by atoms with van der Waals surface area (Å²) in [6.45, 7) is 1.47. The van der Waals surface area contributed by atoms with Crippen LogP contribution in [0.5, 0.6) is 17.2 Å². The van der Waals surface area contributed by atoms with E-state index in [1.165, 1.54) is 26.4 Å². The number of benzene rings is 1. The summed E-state index contributed by atoms with van der Waals surface area (Å²) in [4.78, 5) is 28.3. The predicted molar refractivity (Wildman–Crippen MR) is 104 cm³/mol. The number of aromatic hydroxyl groups is 1. The summed E-state index contributed by atoms with van der Waals surface area (Å²) in [6.07, 6.45) is 2.00. The van der Waals surface area contributed by atoms with Crippen molar-refractivity contribution in [3.05, 3.63) is 23.7 Å². The van der Waals surface area contributed by atoms with Gasteiger partial charge < -0.3 is 29.1 Å². The van der Waals surface area contributed by atoms with Gasteiger partial charge in [0.1, 0.15) is 6.07 Å². The van der Waals surface area contributed by atoms with Gasteiger partial charge in [-0.1, -0.05) is 13.3 Å². The van der Waals surface area contributed by atoms with Crippen molar-refractivity contribution in [2.45, 2.75) is 32.7 Å². The molecule has 0 saturated carbocycles. The van der Waals surface area contributed by atoms with Gasteiger partial charge in [-0.25, -0.2) is 9.78 Å². The van der Waals surface area contributed by atoms with Crippen LogP contribution < -0.4 is 14.8 Å². The Labute approximate surface area is 173 Å². The minimum Gasteiger partial charge on any atom is -0.504 e. The topological polar surface area (TPSA) is 144 Å². The van der Waals surface area contributed by atoms with Gasteiger partial charge in [-0.2, -0.15) is 5.26 Å². The molecule has 2 aromatic rings. The van der Waals surface area contributed by atoms with Crippen LogP contribution >= 0.6 is 0 Å². The van der Waals surface area contributed by atoms with E-state index < -0.39 is 12.6 Å². The fraction of sp³-hybridized carbons (Fsp3) is 0.400. The van der Waals surface area contributed by atoms with Gasteiger partial charge in [0.2, 0.25) is 17.5 Å². The molecule has 0 unspecified atom stereocenters. The first kappa shape index (κ1) is 22.5. The summed E-state index contributed by atoms with van der Waals surface area (Å²) < 4.78 is 20.8. The van der Waals surface area contributed by atoms with Crippen molar-refractivity contribution in [1.82, 2.24) is 10.3 Å². The molecule has 30 heavy (non-hydrogen) atoms. The van der Waals surface area contributed by atoms with E-state index in [0.29, 0.717) is 6.42 Å². The molecule has 0 atom stereocenters. The highest BCUT2D eigenvalue weighted by Crippen LogP contribution is 2.41. The first-order valence-corrected chi connectivity index (χ1v) is 9.20. The maximum Gasteiger partial charge on any atom is 0.362 e. The monoisotopic (exact) mass is 417 g/mol. The minimum absolute atomic E-state index is 0.00741. The van der Waals surface area contributed by atoms with Gasteiger partial charge >= 0.3 is 5.97 Å². The Hall–Kier alpha value is -3.74. The fourth-order valence-electron chi connectivity index (χ4n) is 2.62. The standard InChI is InChI=1S/C20H23N3O7/c1-4-5-6-15(25)22-11-16-23-17(20(26)29-8-7-21)18(30-16)12-9-13(24)19(28-3)14(10-12)27-2/h9-10,24H,4-6,8,11H2,1-3H3,(H,22,25). The molecule has 1 aromatic heterocycles. The number of hydrogen-bond acceptors (Lipinski definition) is 9. The number of oxazole rings is 1. The summed E-state index contributed by atoms with van der Waals surface area (Å²) in [6, 6.07) is 4.50. The average molecular weight is 417 g/mol. The number of amides is 1. The predicted octanol–water partition coefficient (Wildman–Crippen LogP) is 2.55. The Morgan fingerprint density at radius 3 is 2.70 bits per heavy atom. The molecule has 10 nitrogen and oxygen atoms in total. The Bertz CT molecular complexity index is 947. The molecule has 2 rings (SSSR count). The van der Waals surface area contributed by atoms with Crippen LogP contribution in [0.4, 0.5) is 0 Å². The first-order chi connectivity index (χ1) is 14.4. The minimum atomic E-state index is -0.881. The lowest BCUT2D eigenvalue weighted by Crippen LogP contribution is -2.22. The normalized spacial score (nSPS) is 10.2. The molecule has 10 heteroatoms. The second kappa shape index (κ2) is 10.7. The zero-order valence-corrected chi connectivity index (χ0v) is 17.0. The van der Waals surface area contributed by atoms with Crippen LogP contribution in [-0.2, 0) is 16.1 Å². The van der Waals surface area contributed by atoms with Crippen molar-refractivity contribution >= 4 is 11.9 Å². The van der Waals surface area contributed by atoms with Gasteiger partial charge in [-0.15, -0.1) is 0 Å². The molecule has 1 amide bonds. The Kier molecular flexibility index (Phi) is 8.05. The number of carbonyl (C=O) groups excluding carboxylic acids is 2. The molecule has 0 bridgehead atoms. The summed E-state index contributed by atoms with van der Waals surface area (Å²) in [5.74, 6) is -0.927. The van der Waals surface area contributed by atoms with Crippen LogP contribution in [0.2, 0.25) is 0 Å². The van der Waals surface area contributed by atoms with E-state index >= 15 is 0 Å². The Balaban J connectivity index is 2.40. The fourth-order valence-corrected chi connectivity index (χ4v) is 2.62. The number of phenols is 1. The zero-order valence-electron chi connectivity index (χ0n) is 17.0. The van der Waals surface area contributed by atoms with E-state index in [0.717, 1.165) is 12.8 Å². The number of phenolic OH excluding ortho intramolecular Hbond substituents is 1. The van der Waals surface area contributed by atoms with Crippen LogP contribution in [0.15, 0.2) is 16.5 Å². The first-order valence-electron chi connectivity index (χ1n) is 9.20. The second-order valence-corrected chi connectivity index (χ2v) is 6.13. The molecule has 0 saturated heterocycles. The molecular weight excluding hydrogens is 394 g/mol. The van der Waals surface area contributed by atoms with Gasteiger partial charge in [-0.3, -0.25) is 4.79 Å². The van der Waals surface area contributed by atoms with Gasteiger partial charge in [-0.05, 0) is 18.6 Å². The highest BCUT2D eigenvalue weighted by atomic mass is 16.5. The molecule has 2 N–H and O–H groups in total. The SMILES string of the molecule is CCCCC(=O)NCc1nc(C(=O)OCC#N)c(-c2cc(O)c(OC)c(OC)c2)o1. The van der Waals surface area contributed by atoms with Crippen molar-refractivity contribution < 1.29 is 33.3 Å². The van der Waals surface area contributed by atoms with Crippen LogP contribution in [0, 0.1) is 11.3 Å². The summed E-state index contributed by atoms with van der Waals surface area (Å²) >= 11 is 0. The zero-order chi connectivity index (χ0) is 22.1. The van der Waals surface area contributed by atoms with Crippen LogP contribution in [0.1, 0.15) is 42.6 Å². The molecule has 1 aromatic carbocycles. The summed E-state index contributed by atoms with van der Waals surface area (Å²) in [5, 5.41) is 21.5. The van der Waals surface area contributed by atoms with Crippen molar-refractivity contribution in [1.29, 1.82) is 5.26 Å². The summed E-state index contributed by atoms with van der Waals surface area (Å²) in [5.41, 5.74) is 0.0693. The maximum absolute atomic E-state index is 12.4. The van der Waals surface area contributed by atoms with Crippen LogP contribution in [0.3, 0.4) is 0 Å². The van der Waals surface area contributed by atoms with E-state index in [1.807, 2.05) is 6.92 Å². The number of hydrogen-bond donors (Lipinski definition) is 2. The highest BCUT2D eigenvalue weighted by molar-refractivity contribution is 5.94. The third kappa shape index (κ3) is 5.41. The van der Waals surface area contributed by atoms with Gasteiger partial charge in [0.05, 0.1) is 20.8 Å². The smallest absolute Gasteiger partial charge is 0.362 e. The van der Waals surface area contributed by atoms with E-state index in [1.54, 1.807) is 6.07 Å². The number of nitriles is 1. The Morgan fingerprint density at radius 2 is 2.07 bits per heavy atom. The lowest BCUT2D eigenvalue weighted by Gasteiger charge is -2.11. The van der Waals surface area contributed by atoms with E-state index in [9.17, 15) is 14.7 Å². The molecule has 0 aliphatic rings. The molecule has 0 aliphatic heterocycles. The number of carbonyl (C=O) groups is 2. The molecule has 1 heterocycles. The molecular formula is C20H23N3O7. The number of unbranched alkanes of at least 4 members (excludes halogenated alkanes) is 1. The lowest BCUT2D eigenvalue weighted by molar-refractivity contribution is -0.121. The number of ether oxygens (including phenoxy) is 3. The van der Waals surface area contributed by atoms with Crippen LogP contribution in [0.25, 0.3) is 11.3 Å². The number of nitrogens with one attached hydrogen (secondary N) is 1. The Morgan fingerprint density at radius 1 is 1.30 bits per heavy atom. The molecule has 0 spiro atoms. The van der Waals surface area contributed by atoms with Gasteiger partial charge in [0.15, 0.2) is 29.6 Å². The largest absolute Gasteiger partial charge is 0.504 e. The van der Waals surface area contributed by atoms with Crippen LogP contribution in [-0.4, -0.2) is 42.8 Å².